The van der Waals surface area contributed by atoms with E-state index in [0.717, 1.165) is 29.0 Å². The summed E-state index contributed by atoms with van der Waals surface area (Å²) in [4.78, 5) is 12.7. The molecule has 0 radical (unpaired) electrons. The third kappa shape index (κ3) is 3.01. The van der Waals surface area contributed by atoms with Crippen LogP contribution in [0.1, 0.15) is 36.6 Å². The van der Waals surface area contributed by atoms with E-state index < -0.39 is 11.7 Å². The molecule has 3 rings (SSSR count). The minimum Gasteiger partial charge on any atom is -0.383 e. The number of aryl methyl sites for hydroxylation is 1. The zero-order chi connectivity index (χ0) is 18.4. The zero-order valence-corrected chi connectivity index (χ0v) is 14.0. The molecule has 0 saturated carbocycles. The quantitative estimate of drug-likeness (QED) is 0.729. The second-order valence-electron chi connectivity index (χ2n) is 6.17. The maximum absolute atomic E-state index is 12.9. The van der Waals surface area contributed by atoms with E-state index >= 15 is 0 Å². The number of alkyl halides is 3. The fraction of sp³-hybridized carbons (Fsp3) is 0.278. The lowest BCUT2D eigenvalue weighted by Crippen LogP contribution is -2.06. The van der Waals surface area contributed by atoms with Gasteiger partial charge in [-0.25, -0.2) is 15.0 Å². The van der Waals surface area contributed by atoms with E-state index in [2.05, 4.69) is 15.0 Å². The van der Waals surface area contributed by atoms with Gasteiger partial charge < -0.3 is 5.73 Å². The van der Waals surface area contributed by atoms with Crippen molar-refractivity contribution in [2.75, 3.05) is 5.73 Å². The van der Waals surface area contributed by atoms with Crippen molar-refractivity contribution in [1.29, 1.82) is 0 Å². The number of aromatic nitrogens is 3. The Hall–Kier alpha value is -2.70. The van der Waals surface area contributed by atoms with E-state index in [0.29, 0.717) is 16.6 Å². The molecule has 4 nitrogen and oxygen atoms in total. The van der Waals surface area contributed by atoms with Crippen LogP contribution < -0.4 is 5.73 Å². The number of nitrogen functional groups attached to an aromatic ring is 1. The van der Waals surface area contributed by atoms with Crippen LogP contribution in [0, 0.1) is 6.92 Å². The van der Waals surface area contributed by atoms with Crippen molar-refractivity contribution in [3.8, 4) is 11.1 Å². The summed E-state index contributed by atoms with van der Waals surface area (Å²) in [7, 11) is 0. The first-order chi connectivity index (χ1) is 11.7. The van der Waals surface area contributed by atoms with Crippen molar-refractivity contribution in [2.24, 2.45) is 0 Å². The molecule has 0 fully saturated rings. The molecule has 1 aromatic carbocycles. The highest BCUT2D eigenvalue weighted by molar-refractivity contribution is 6.01. The Balaban J connectivity index is 2.35. The molecule has 0 aliphatic carbocycles. The van der Waals surface area contributed by atoms with Crippen LogP contribution in [0.4, 0.5) is 19.0 Å². The third-order valence-corrected chi connectivity index (χ3v) is 4.12. The number of rotatable bonds is 2. The summed E-state index contributed by atoms with van der Waals surface area (Å²) in [5.41, 5.74) is 8.85. The van der Waals surface area contributed by atoms with Crippen LogP contribution in [0.15, 0.2) is 30.6 Å². The number of anilines is 1. The SMILES string of the molecule is Cc1nc2ncnc(N)c2c(-c2ccc(C(F)(F)F)cc2)c1C(C)C. The lowest BCUT2D eigenvalue weighted by molar-refractivity contribution is -0.137. The fourth-order valence-corrected chi connectivity index (χ4v) is 3.08. The number of benzene rings is 1. The minimum atomic E-state index is -4.38. The summed E-state index contributed by atoms with van der Waals surface area (Å²) in [5.74, 6) is 0.364. The van der Waals surface area contributed by atoms with Crippen LogP contribution >= 0.6 is 0 Å². The maximum atomic E-state index is 12.9. The van der Waals surface area contributed by atoms with E-state index in [1.807, 2.05) is 20.8 Å². The summed E-state index contributed by atoms with van der Waals surface area (Å²) in [6.07, 6.45) is -3.05. The van der Waals surface area contributed by atoms with Crippen LogP contribution in [-0.2, 0) is 6.18 Å². The van der Waals surface area contributed by atoms with Crippen molar-refractivity contribution >= 4 is 16.9 Å². The molecule has 0 atom stereocenters. The third-order valence-electron chi connectivity index (χ3n) is 4.12. The lowest BCUT2D eigenvalue weighted by Gasteiger charge is -2.19. The first-order valence-electron chi connectivity index (χ1n) is 7.78. The highest BCUT2D eigenvalue weighted by Gasteiger charge is 2.30. The van der Waals surface area contributed by atoms with Crippen LogP contribution in [0.25, 0.3) is 22.2 Å². The van der Waals surface area contributed by atoms with Gasteiger partial charge in [0.1, 0.15) is 12.1 Å². The molecular weight excluding hydrogens is 329 g/mol. The molecule has 0 aliphatic heterocycles. The standard InChI is InChI=1S/C18H17F3N4/c1-9(2)13-10(3)25-17-15(16(22)23-8-24-17)14(13)11-4-6-12(7-5-11)18(19,20)21/h4-9H,1-3H3,(H2,22,23,24,25). The molecule has 0 unspecified atom stereocenters. The van der Waals surface area contributed by atoms with E-state index in [1.54, 1.807) is 0 Å². The second kappa shape index (κ2) is 5.98. The molecule has 3 aromatic rings. The minimum absolute atomic E-state index is 0.105. The topological polar surface area (TPSA) is 64.7 Å². The average Bonchev–Trinajstić information content (AvgIpc) is 2.52. The molecule has 0 saturated heterocycles. The van der Waals surface area contributed by atoms with Crippen molar-refractivity contribution in [1.82, 2.24) is 15.0 Å². The van der Waals surface area contributed by atoms with Crippen molar-refractivity contribution in [2.45, 2.75) is 32.9 Å². The van der Waals surface area contributed by atoms with E-state index in [1.165, 1.54) is 18.5 Å². The molecule has 2 N–H and O–H groups in total. The van der Waals surface area contributed by atoms with Gasteiger partial charge in [0.2, 0.25) is 0 Å². The number of fused-ring (bicyclic) bond motifs is 1. The number of pyridine rings is 1. The molecule has 25 heavy (non-hydrogen) atoms. The summed E-state index contributed by atoms with van der Waals surface area (Å²) in [5, 5.41) is 0.566. The smallest absolute Gasteiger partial charge is 0.383 e. The zero-order valence-electron chi connectivity index (χ0n) is 14.0. The Morgan fingerprint density at radius 2 is 1.68 bits per heavy atom. The van der Waals surface area contributed by atoms with Gasteiger partial charge in [0.25, 0.3) is 0 Å². The number of nitrogens with two attached hydrogens (primary N) is 1. The van der Waals surface area contributed by atoms with Gasteiger partial charge in [-0.05, 0) is 36.1 Å². The first kappa shape index (κ1) is 17.1. The van der Waals surface area contributed by atoms with Gasteiger partial charge in [-0.3, -0.25) is 0 Å². The Morgan fingerprint density at radius 1 is 1.04 bits per heavy atom. The number of halogens is 3. The van der Waals surface area contributed by atoms with Crippen LogP contribution in [-0.4, -0.2) is 15.0 Å². The maximum Gasteiger partial charge on any atom is 0.416 e. The van der Waals surface area contributed by atoms with Crippen LogP contribution in [0.3, 0.4) is 0 Å². The van der Waals surface area contributed by atoms with Gasteiger partial charge in [-0.15, -0.1) is 0 Å². The van der Waals surface area contributed by atoms with Crippen LogP contribution in [0.2, 0.25) is 0 Å². The average molecular weight is 346 g/mol. The number of hydrogen-bond acceptors (Lipinski definition) is 4. The predicted molar refractivity (Wildman–Crippen MR) is 91.0 cm³/mol. The van der Waals surface area contributed by atoms with Gasteiger partial charge in [0.15, 0.2) is 5.65 Å². The van der Waals surface area contributed by atoms with Gasteiger partial charge in [0.05, 0.1) is 10.9 Å². The fourth-order valence-electron chi connectivity index (χ4n) is 3.08. The number of nitrogens with zero attached hydrogens (tertiary/aromatic N) is 3. The molecular formula is C18H17F3N4. The number of hydrogen-bond donors (Lipinski definition) is 1. The van der Waals surface area contributed by atoms with E-state index in [4.69, 9.17) is 5.73 Å². The van der Waals surface area contributed by atoms with Gasteiger partial charge in [0, 0.05) is 11.3 Å². The van der Waals surface area contributed by atoms with Crippen molar-refractivity contribution in [3.05, 3.63) is 47.4 Å². The Kier molecular flexibility index (Phi) is 4.10. The highest BCUT2D eigenvalue weighted by atomic mass is 19.4. The normalized spacial score (nSPS) is 12.1. The van der Waals surface area contributed by atoms with Gasteiger partial charge in [-0.2, -0.15) is 13.2 Å². The van der Waals surface area contributed by atoms with Gasteiger partial charge in [-0.1, -0.05) is 26.0 Å². The second-order valence-corrected chi connectivity index (χ2v) is 6.17. The summed E-state index contributed by atoms with van der Waals surface area (Å²) >= 11 is 0. The lowest BCUT2D eigenvalue weighted by atomic mass is 9.89. The Bertz CT molecular complexity index is 932. The molecule has 0 aliphatic rings. The summed E-state index contributed by atoms with van der Waals surface area (Å²) < 4.78 is 38.6. The molecule has 0 spiro atoms. The molecule has 130 valence electrons. The Labute approximate surface area is 142 Å². The highest BCUT2D eigenvalue weighted by Crippen LogP contribution is 2.39. The van der Waals surface area contributed by atoms with Crippen molar-refractivity contribution in [3.63, 3.8) is 0 Å². The molecule has 2 aromatic heterocycles. The summed E-state index contributed by atoms with van der Waals surface area (Å²) in [6, 6.07) is 5.05. The molecule has 2 heterocycles. The van der Waals surface area contributed by atoms with E-state index in [-0.39, 0.29) is 11.7 Å². The monoisotopic (exact) mass is 346 g/mol. The molecule has 7 heteroatoms. The first-order valence-corrected chi connectivity index (χ1v) is 7.78. The largest absolute Gasteiger partial charge is 0.416 e. The summed E-state index contributed by atoms with van der Waals surface area (Å²) in [6.45, 7) is 5.87. The Morgan fingerprint density at radius 3 is 2.24 bits per heavy atom. The molecule has 0 bridgehead atoms. The predicted octanol–water partition coefficient (Wildman–Crippen LogP) is 4.72. The van der Waals surface area contributed by atoms with Gasteiger partial charge >= 0.3 is 6.18 Å². The molecule has 0 amide bonds. The van der Waals surface area contributed by atoms with E-state index in [9.17, 15) is 13.2 Å². The van der Waals surface area contributed by atoms with Crippen LogP contribution in [0.5, 0.6) is 0 Å². The van der Waals surface area contributed by atoms with Crippen molar-refractivity contribution < 1.29 is 13.2 Å².